The van der Waals surface area contributed by atoms with Gasteiger partial charge in [-0.05, 0) is 78.3 Å². The van der Waals surface area contributed by atoms with Crippen LogP contribution >= 0.6 is 0 Å². The second-order valence-electron chi connectivity index (χ2n) is 8.65. The van der Waals surface area contributed by atoms with Crippen molar-refractivity contribution in [1.82, 2.24) is 0 Å². The third-order valence-electron chi connectivity index (χ3n) is 6.11. The SMILES string of the molecule is COCC1CC=C(c2cc(F)c(C(F)(F)Oc3ccc(-c4cc(F)c(F)c(F)c4)c(F)c3)c(F)c2)CC1. The monoisotopic (exact) mass is 528 g/mol. The molecule has 0 aromatic heterocycles. The summed E-state index contributed by atoms with van der Waals surface area (Å²) in [4.78, 5) is 0. The molecule has 0 spiro atoms. The molecule has 3 aromatic rings. The van der Waals surface area contributed by atoms with Gasteiger partial charge < -0.3 is 9.47 Å². The van der Waals surface area contributed by atoms with Crippen LogP contribution in [0.5, 0.6) is 5.75 Å². The van der Waals surface area contributed by atoms with Gasteiger partial charge in [0.2, 0.25) is 0 Å². The highest BCUT2D eigenvalue weighted by atomic mass is 19.3. The van der Waals surface area contributed by atoms with E-state index in [-0.39, 0.29) is 11.5 Å². The fourth-order valence-corrected chi connectivity index (χ4v) is 4.28. The van der Waals surface area contributed by atoms with Crippen molar-refractivity contribution in [2.75, 3.05) is 13.7 Å². The van der Waals surface area contributed by atoms with E-state index >= 15 is 0 Å². The zero-order valence-corrected chi connectivity index (χ0v) is 19.4. The lowest BCUT2D eigenvalue weighted by molar-refractivity contribution is -0.189. The summed E-state index contributed by atoms with van der Waals surface area (Å²) in [7, 11) is 1.57. The van der Waals surface area contributed by atoms with Crippen molar-refractivity contribution in [3.05, 3.63) is 94.6 Å². The van der Waals surface area contributed by atoms with E-state index < -0.39 is 63.5 Å². The molecule has 1 aliphatic carbocycles. The molecule has 4 rings (SSSR count). The number of alkyl halides is 2. The Balaban J connectivity index is 1.57. The highest BCUT2D eigenvalue weighted by Gasteiger charge is 2.41. The molecule has 0 aliphatic heterocycles. The number of hydrogen-bond acceptors (Lipinski definition) is 2. The fraction of sp³-hybridized carbons (Fsp3) is 0.259. The predicted molar refractivity (Wildman–Crippen MR) is 120 cm³/mol. The van der Waals surface area contributed by atoms with Crippen molar-refractivity contribution >= 4 is 5.57 Å². The second kappa shape index (κ2) is 10.5. The molecule has 196 valence electrons. The van der Waals surface area contributed by atoms with Crippen molar-refractivity contribution in [2.24, 2.45) is 5.92 Å². The largest absolute Gasteiger partial charge is 0.432 e. The quantitative estimate of drug-likeness (QED) is 0.228. The van der Waals surface area contributed by atoms with Crippen molar-refractivity contribution in [3.8, 4) is 16.9 Å². The summed E-state index contributed by atoms with van der Waals surface area (Å²) in [5.74, 6) is -9.79. The minimum atomic E-state index is -4.53. The van der Waals surface area contributed by atoms with E-state index in [0.717, 1.165) is 24.3 Å². The molecule has 3 aromatic carbocycles. The van der Waals surface area contributed by atoms with Crippen LogP contribution in [-0.4, -0.2) is 13.7 Å². The van der Waals surface area contributed by atoms with Gasteiger partial charge >= 0.3 is 6.11 Å². The van der Waals surface area contributed by atoms with Crippen LogP contribution in [0.3, 0.4) is 0 Å². The molecule has 0 heterocycles. The maximum absolute atomic E-state index is 14.8. The average Bonchev–Trinajstić information content (AvgIpc) is 2.82. The maximum atomic E-state index is 14.8. The first-order valence-electron chi connectivity index (χ1n) is 11.2. The van der Waals surface area contributed by atoms with Gasteiger partial charge in [-0.2, -0.15) is 8.78 Å². The molecule has 0 saturated heterocycles. The Kier molecular flexibility index (Phi) is 7.59. The Bertz CT molecular complexity index is 1310. The smallest absolute Gasteiger partial charge is 0.429 e. The first-order valence-corrected chi connectivity index (χ1v) is 11.2. The predicted octanol–water partition coefficient (Wildman–Crippen LogP) is 8.15. The summed E-state index contributed by atoms with van der Waals surface area (Å²) in [6.07, 6.45) is -0.917. The first-order chi connectivity index (χ1) is 17.5. The molecule has 2 nitrogen and oxygen atoms in total. The molecule has 0 bridgehead atoms. The molecule has 0 fully saturated rings. The van der Waals surface area contributed by atoms with Crippen LogP contribution in [0, 0.1) is 40.8 Å². The Morgan fingerprint density at radius 1 is 0.811 bits per heavy atom. The van der Waals surface area contributed by atoms with Crippen LogP contribution < -0.4 is 4.74 Å². The van der Waals surface area contributed by atoms with Gasteiger partial charge in [-0.1, -0.05) is 6.08 Å². The third-order valence-corrected chi connectivity index (χ3v) is 6.11. The summed E-state index contributed by atoms with van der Waals surface area (Å²) >= 11 is 0. The number of rotatable bonds is 7. The minimum Gasteiger partial charge on any atom is -0.429 e. The lowest BCUT2D eigenvalue weighted by atomic mass is 9.86. The molecule has 1 unspecified atom stereocenters. The van der Waals surface area contributed by atoms with E-state index in [1.54, 1.807) is 13.2 Å². The topological polar surface area (TPSA) is 18.5 Å². The molecule has 10 heteroatoms. The molecular formula is C27H20F8O2. The zero-order valence-electron chi connectivity index (χ0n) is 19.4. The third kappa shape index (κ3) is 5.64. The number of ether oxygens (including phenoxy) is 2. The number of benzene rings is 3. The van der Waals surface area contributed by atoms with E-state index in [4.69, 9.17) is 4.74 Å². The molecule has 0 saturated carbocycles. The van der Waals surface area contributed by atoms with Gasteiger partial charge in [0, 0.05) is 25.3 Å². The van der Waals surface area contributed by atoms with E-state index in [0.29, 0.717) is 49.6 Å². The highest BCUT2D eigenvalue weighted by Crippen LogP contribution is 2.39. The van der Waals surface area contributed by atoms with Crippen molar-refractivity contribution in [2.45, 2.75) is 25.4 Å². The summed E-state index contributed by atoms with van der Waals surface area (Å²) < 4.78 is 123. The van der Waals surface area contributed by atoms with Gasteiger partial charge in [0.05, 0.1) is 0 Å². The molecule has 0 radical (unpaired) electrons. The maximum Gasteiger partial charge on any atom is 0.432 e. The zero-order chi connectivity index (χ0) is 26.9. The summed E-state index contributed by atoms with van der Waals surface area (Å²) in [5.41, 5.74) is -1.75. The molecule has 37 heavy (non-hydrogen) atoms. The Labute approximate surface area is 207 Å². The summed E-state index contributed by atoms with van der Waals surface area (Å²) in [6.45, 7) is 0.536. The average molecular weight is 528 g/mol. The van der Waals surface area contributed by atoms with E-state index in [1.807, 2.05) is 0 Å². The van der Waals surface area contributed by atoms with E-state index in [9.17, 15) is 35.1 Å². The Morgan fingerprint density at radius 3 is 1.97 bits per heavy atom. The Hall–Kier alpha value is -3.40. The van der Waals surface area contributed by atoms with Gasteiger partial charge in [-0.3, -0.25) is 0 Å². The van der Waals surface area contributed by atoms with Gasteiger partial charge in [-0.25, -0.2) is 26.3 Å². The molecule has 1 aliphatic rings. The van der Waals surface area contributed by atoms with Gasteiger partial charge in [0.1, 0.15) is 28.8 Å². The lowest BCUT2D eigenvalue weighted by Crippen LogP contribution is -2.25. The highest BCUT2D eigenvalue weighted by molar-refractivity contribution is 5.67. The first kappa shape index (κ1) is 26.7. The van der Waals surface area contributed by atoms with Crippen LogP contribution in [0.4, 0.5) is 35.1 Å². The van der Waals surface area contributed by atoms with Crippen LogP contribution in [0.25, 0.3) is 16.7 Å². The van der Waals surface area contributed by atoms with Gasteiger partial charge in [0.25, 0.3) is 0 Å². The number of halogens is 8. The second-order valence-corrected chi connectivity index (χ2v) is 8.65. The van der Waals surface area contributed by atoms with Crippen molar-refractivity contribution < 1.29 is 44.6 Å². The summed E-state index contributed by atoms with van der Waals surface area (Å²) in [6, 6.07) is 4.76. The molecule has 0 amide bonds. The number of methoxy groups -OCH3 is 1. The van der Waals surface area contributed by atoms with Crippen LogP contribution in [0.2, 0.25) is 0 Å². The van der Waals surface area contributed by atoms with Gasteiger partial charge in [-0.15, -0.1) is 0 Å². The Morgan fingerprint density at radius 2 is 1.43 bits per heavy atom. The molecule has 0 N–H and O–H groups in total. The molecule has 1 atom stereocenters. The lowest BCUT2D eigenvalue weighted by Gasteiger charge is -2.23. The van der Waals surface area contributed by atoms with Crippen molar-refractivity contribution in [1.29, 1.82) is 0 Å². The minimum absolute atomic E-state index is 0.125. The molecular weight excluding hydrogens is 508 g/mol. The van der Waals surface area contributed by atoms with Crippen LogP contribution in [-0.2, 0) is 10.8 Å². The fourth-order valence-electron chi connectivity index (χ4n) is 4.28. The number of allylic oxidation sites excluding steroid dienone is 2. The number of hydrogen-bond donors (Lipinski definition) is 0. The standard InChI is InChI=1S/C27H20F8O2/c1-36-13-14-2-4-15(5-3-14)16-8-21(29)25(22(30)9-16)27(34,35)37-18-6-7-19(20(28)12-18)17-10-23(31)26(33)24(32)11-17/h4,6-12,14H,2-3,5,13H2,1H3. The van der Waals surface area contributed by atoms with E-state index in [1.165, 1.54) is 0 Å². The van der Waals surface area contributed by atoms with Gasteiger partial charge in [0.15, 0.2) is 17.5 Å². The van der Waals surface area contributed by atoms with Crippen LogP contribution in [0.15, 0.2) is 48.5 Å². The van der Waals surface area contributed by atoms with E-state index in [2.05, 4.69) is 4.74 Å². The van der Waals surface area contributed by atoms with Crippen LogP contribution in [0.1, 0.15) is 30.4 Å². The van der Waals surface area contributed by atoms with Crippen molar-refractivity contribution in [3.63, 3.8) is 0 Å². The normalized spacial score (nSPS) is 16.0. The summed E-state index contributed by atoms with van der Waals surface area (Å²) in [5, 5.41) is 0.